The Bertz CT molecular complexity index is 1160. The van der Waals surface area contributed by atoms with Gasteiger partial charge in [0.1, 0.15) is 5.82 Å². The number of halogens is 1. The largest absolute Gasteiger partial charge is 0.279 e. The molecule has 0 atom stereocenters. The molecule has 4 nitrogen and oxygen atoms in total. The molecule has 0 unspecified atom stereocenters. The van der Waals surface area contributed by atoms with E-state index in [0.29, 0.717) is 11.7 Å². The van der Waals surface area contributed by atoms with Gasteiger partial charge in [-0.25, -0.2) is 9.37 Å². The van der Waals surface area contributed by atoms with Gasteiger partial charge in [0.2, 0.25) is 0 Å². The summed E-state index contributed by atoms with van der Waals surface area (Å²) in [6, 6.07) is 13.6. The molecule has 0 aliphatic carbocycles. The Balaban J connectivity index is 1.80. The number of carbonyl (C=O) groups is 1. The van der Waals surface area contributed by atoms with Crippen LogP contribution in [0.5, 0.6) is 0 Å². The zero-order chi connectivity index (χ0) is 19.7. The maximum atomic E-state index is 13.7. The number of hydrogen-bond acceptors (Lipinski definition) is 4. The molecule has 0 aliphatic rings. The van der Waals surface area contributed by atoms with E-state index in [1.807, 2.05) is 26.0 Å². The van der Waals surface area contributed by atoms with E-state index >= 15 is 0 Å². The van der Waals surface area contributed by atoms with Crippen molar-refractivity contribution in [3.63, 3.8) is 0 Å². The summed E-state index contributed by atoms with van der Waals surface area (Å²) in [6.45, 7) is 4.36. The number of aromatic nitrogens is 2. The summed E-state index contributed by atoms with van der Waals surface area (Å²) in [5, 5.41) is 0.585. The molecule has 28 heavy (non-hydrogen) atoms. The molecule has 0 spiro atoms. The van der Waals surface area contributed by atoms with E-state index in [0.717, 1.165) is 26.9 Å². The second kappa shape index (κ2) is 7.48. The van der Waals surface area contributed by atoms with Crippen LogP contribution < -0.4 is 4.90 Å². The van der Waals surface area contributed by atoms with Gasteiger partial charge in [-0.1, -0.05) is 29.5 Å². The molecule has 0 fully saturated rings. The van der Waals surface area contributed by atoms with Crippen LogP contribution in [-0.2, 0) is 6.54 Å². The standard InChI is InChI=1S/C22H18FN3OS/c1-14-9-15(2)20-19(10-14)28-22(25-20)26(13-16-5-4-8-24-12-16)21(27)17-6-3-7-18(23)11-17/h3-12H,13H2,1-2H3. The normalized spacial score (nSPS) is 11.0. The number of amides is 1. The van der Waals surface area contributed by atoms with Gasteiger partial charge in [-0.3, -0.25) is 14.7 Å². The van der Waals surface area contributed by atoms with Gasteiger partial charge in [0.25, 0.3) is 5.91 Å². The van der Waals surface area contributed by atoms with E-state index < -0.39 is 5.82 Å². The quantitative estimate of drug-likeness (QED) is 0.475. The smallest absolute Gasteiger partial charge is 0.260 e. The lowest BCUT2D eigenvalue weighted by molar-refractivity contribution is 0.0984. The van der Waals surface area contributed by atoms with Crippen LogP contribution in [0.25, 0.3) is 10.2 Å². The first-order valence-electron chi connectivity index (χ1n) is 8.85. The van der Waals surface area contributed by atoms with Gasteiger partial charge in [0.15, 0.2) is 5.13 Å². The second-order valence-corrected chi connectivity index (χ2v) is 7.70. The van der Waals surface area contributed by atoms with Gasteiger partial charge in [-0.15, -0.1) is 0 Å². The summed E-state index contributed by atoms with van der Waals surface area (Å²) < 4.78 is 14.7. The van der Waals surface area contributed by atoms with Crippen LogP contribution in [-0.4, -0.2) is 15.9 Å². The highest BCUT2D eigenvalue weighted by Crippen LogP contribution is 2.33. The Morgan fingerprint density at radius 1 is 1.14 bits per heavy atom. The lowest BCUT2D eigenvalue weighted by atomic mass is 10.1. The summed E-state index contributed by atoms with van der Waals surface area (Å²) in [6.07, 6.45) is 3.40. The molecule has 4 rings (SSSR count). The zero-order valence-electron chi connectivity index (χ0n) is 15.5. The highest BCUT2D eigenvalue weighted by Gasteiger charge is 2.22. The topological polar surface area (TPSA) is 46.1 Å². The van der Waals surface area contributed by atoms with Crippen molar-refractivity contribution < 1.29 is 9.18 Å². The molecule has 2 aromatic carbocycles. The average molecular weight is 391 g/mol. The minimum Gasteiger partial charge on any atom is -0.279 e. The number of pyridine rings is 1. The monoisotopic (exact) mass is 391 g/mol. The van der Waals surface area contributed by atoms with Crippen LogP contribution in [0.2, 0.25) is 0 Å². The SMILES string of the molecule is Cc1cc(C)c2nc(N(Cc3cccnc3)C(=O)c3cccc(F)c3)sc2c1. The lowest BCUT2D eigenvalue weighted by Crippen LogP contribution is -2.30. The van der Waals surface area contributed by atoms with Crippen molar-refractivity contribution in [3.05, 3.63) is 89.0 Å². The van der Waals surface area contributed by atoms with Gasteiger partial charge < -0.3 is 0 Å². The average Bonchev–Trinajstić information content (AvgIpc) is 3.10. The highest BCUT2D eigenvalue weighted by atomic mass is 32.1. The Hall–Kier alpha value is -3.12. The summed E-state index contributed by atoms with van der Waals surface area (Å²) in [5.74, 6) is -0.736. The van der Waals surface area contributed by atoms with Gasteiger partial charge >= 0.3 is 0 Å². The number of nitrogens with zero attached hydrogens (tertiary/aromatic N) is 3. The van der Waals surface area contributed by atoms with E-state index in [2.05, 4.69) is 17.1 Å². The molecule has 0 radical (unpaired) electrons. The van der Waals surface area contributed by atoms with Crippen LogP contribution >= 0.6 is 11.3 Å². The maximum Gasteiger partial charge on any atom is 0.260 e. The number of anilines is 1. The zero-order valence-corrected chi connectivity index (χ0v) is 16.3. The first-order chi connectivity index (χ1) is 13.5. The van der Waals surface area contributed by atoms with E-state index in [1.165, 1.54) is 29.5 Å². The summed E-state index contributed by atoms with van der Waals surface area (Å²) in [7, 11) is 0. The van der Waals surface area contributed by atoms with Crippen LogP contribution in [0.3, 0.4) is 0 Å². The Labute approximate surface area is 166 Å². The van der Waals surface area contributed by atoms with Gasteiger partial charge in [0.05, 0.1) is 16.8 Å². The number of benzene rings is 2. The molecule has 0 aliphatic heterocycles. The summed E-state index contributed by atoms with van der Waals surface area (Å²) in [5.41, 5.74) is 4.26. The first kappa shape index (κ1) is 18.3. The number of aryl methyl sites for hydroxylation is 2. The maximum absolute atomic E-state index is 13.7. The summed E-state index contributed by atoms with van der Waals surface area (Å²) >= 11 is 1.46. The van der Waals surface area contributed by atoms with Crippen molar-refractivity contribution in [2.75, 3.05) is 4.90 Å². The lowest BCUT2D eigenvalue weighted by Gasteiger charge is -2.20. The molecular weight excluding hydrogens is 373 g/mol. The minimum absolute atomic E-state index is 0.288. The fourth-order valence-electron chi connectivity index (χ4n) is 3.15. The van der Waals surface area contributed by atoms with Crippen LogP contribution in [0.15, 0.2) is 60.9 Å². The third-order valence-corrected chi connectivity index (χ3v) is 5.46. The Morgan fingerprint density at radius 2 is 2.00 bits per heavy atom. The number of carbonyl (C=O) groups excluding carboxylic acids is 1. The Morgan fingerprint density at radius 3 is 2.75 bits per heavy atom. The van der Waals surface area contributed by atoms with Crippen LogP contribution in [0.4, 0.5) is 9.52 Å². The molecule has 1 amide bonds. The van der Waals surface area contributed by atoms with Gasteiger partial charge in [-0.2, -0.15) is 0 Å². The fraction of sp³-hybridized carbons (Fsp3) is 0.136. The van der Waals surface area contributed by atoms with E-state index in [4.69, 9.17) is 4.98 Å². The molecule has 0 bridgehead atoms. The van der Waals surface area contributed by atoms with Crippen molar-refractivity contribution in [1.29, 1.82) is 0 Å². The van der Waals surface area contributed by atoms with Crippen molar-refractivity contribution in [2.45, 2.75) is 20.4 Å². The molecule has 6 heteroatoms. The van der Waals surface area contributed by atoms with E-state index in [-0.39, 0.29) is 11.5 Å². The molecule has 0 N–H and O–H groups in total. The number of fused-ring (bicyclic) bond motifs is 1. The molecule has 2 heterocycles. The highest BCUT2D eigenvalue weighted by molar-refractivity contribution is 7.22. The number of rotatable bonds is 4. The van der Waals surface area contributed by atoms with E-state index in [1.54, 1.807) is 23.4 Å². The van der Waals surface area contributed by atoms with Crippen molar-refractivity contribution in [3.8, 4) is 0 Å². The minimum atomic E-state index is -0.442. The second-order valence-electron chi connectivity index (χ2n) is 6.69. The Kier molecular flexibility index (Phi) is 4.88. The van der Waals surface area contributed by atoms with Crippen molar-refractivity contribution in [1.82, 2.24) is 9.97 Å². The summed E-state index contributed by atoms with van der Waals surface area (Å²) in [4.78, 5) is 23.7. The molecule has 140 valence electrons. The third kappa shape index (κ3) is 3.64. The van der Waals surface area contributed by atoms with Crippen molar-refractivity contribution in [2.24, 2.45) is 0 Å². The molecule has 0 saturated heterocycles. The van der Waals surface area contributed by atoms with E-state index in [9.17, 15) is 9.18 Å². The molecule has 4 aromatic rings. The van der Waals surface area contributed by atoms with Crippen LogP contribution in [0.1, 0.15) is 27.0 Å². The molecule has 2 aromatic heterocycles. The van der Waals surface area contributed by atoms with Gasteiger partial charge in [-0.05, 0) is 60.9 Å². The third-order valence-electron chi connectivity index (χ3n) is 4.43. The van der Waals surface area contributed by atoms with Gasteiger partial charge in [0, 0.05) is 18.0 Å². The molecule has 0 saturated carbocycles. The van der Waals surface area contributed by atoms with Crippen LogP contribution in [0, 0.1) is 19.7 Å². The molecular formula is C22H18FN3OS. The number of thiazole rings is 1. The number of hydrogen-bond donors (Lipinski definition) is 0. The first-order valence-corrected chi connectivity index (χ1v) is 9.67. The predicted octanol–water partition coefficient (Wildman–Crippen LogP) is 5.29. The predicted molar refractivity (Wildman–Crippen MR) is 110 cm³/mol. The fourth-order valence-corrected chi connectivity index (χ4v) is 4.29. The van der Waals surface area contributed by atoms with Crippen molar-refractivity contribution >= 4 is 32.6 Å².